The minimum absolute atomic E-state index is 0.0140. The SMILES string of the molecule is CCOC(=O)C(C(=O)OCC)=C(c1ccccc1)C(C)C. The fourth-order valence-corrected chi connectivity index (χ4v) is 2.09. The van der Waals surface area contributed by atoms with Gasteiger partial charge < -0.3 is 9.47 Å². The van der Waals surface area contributed by atoms with E-state index in [0.717, 1.165) is 5.56 Å². The Morgan fingerprint density at radius 3 is 1.81 bits per heavy atom. The number of hydrogen-bond donors (Lipinski definition) is 0. The number of rotatable bonds is 6. The van der Waals surface area contributed by atoms with Gasteiger partial charge in [-0.1, -0.05) is 44.2 Å². The fraction of sp³-hybridized carbons (Fsp3) is 0.412. The second-order valence-corrected chi connectivity index (χ2v) is 4.75. The molecule has 0 aliphatic carbocycles. The lowest BCUT2D eigenvalue weighted by molar-refractivity contribution is -0.146. The molecule has 0 aromatic heterocycles. The monoisotopic (exact) mass is 290 g/mol. The van der Waals surface area contributed by atoms with E-state index >= 15 is 0 Å². The topological polar surface area (TPSA) is 52.6 Å². The van der Waals surface area contributed by atoms with Crippen molar-refractivity contribution in [2.45, 2.75) is 27.7 Å². The van der Waals surface area contributed by atoms with Crippen LogP contribution in [-0.2, 0) is 19.1 Å². The Hall–Kier alpha value is -2.10. The molecule has 0 atom stereocenters. The summed E-state index contributed by atoms with van der Waals surface area (Å²) in [6.07, 6.45) is 0. The lowest BCUT2D eigenvalue weighted by atomic mass is 9.90. The van der Waals surface area contributed by atoms with E-state index < -0.39 is 11.9 Å². The average molecular weight is 290 g/mol. The summed E-state index contributed by atoms with van der Waals surface area (Å²) in [6, 6.07) is 9.36. The molecule has 0 N–H and O–H groups in total. The highest BCUT2D eigenvalue weighted by atomic mass is 16.6. The van der Waals surface area contributed by atoms with Crippen molar-refractivity contribution >= 4 is 17.5 Å². The summed E-state index contributed by atoms with van der Waals surface area (Å²) in [5, 5.41) is 0. The van der Waals surface area contributed by atoms with Crippen LogP contribution in [0.2, 0.25) is 0 Å². The van der Waals surface area contributed by atoms with Gasteiger partial charge in [-0.15, -0.1) is 0 Å². The van der Waals surface area contributed by atoms with E-state index in [4.69, 9.17) is 9.47 Å². The smallest absolute Gasteiger partial charge is 0.345 e. The van der Waals surface area contributed by atoms with E-state index in [0.29, 0.717) is 5.57 Å². The predicted octanol–water partition coefficient (Wildman–Crippen LogP) is 3.22. The maximum absolute atomic E-state index is 12.2. The summed E-state index contributed by atoms with van der Waals surface area (Å²) < 4.78 is 10.1. The molecule has 114 valence electrons. The molecule has 1 rings (SSSR count). The summed E-state index contributed by atoms with van der Waals surface area (Å²) >= 11 is 0. The molecular formula is C17H22O4. The molecule has 0 bridgehead atoms. The third-order valence-corrected chi connectivity index (χ3v) is 2.89. The summed E-state index contributed by atoms with van der Waals surface area (Å²) in [7, 11) is 0. The maximum atomic E-state index is 12.2. The highest BCUT2D eigenvalue weighted by molar-refractivity contribution is 6.20. The molecule has 0 aliphatic rings. The van der Waals surface area contributed by atoms with Crippen molar-refractivity contribution in [1.29, 1.82) is 0 Å². The Morgan fingerprint density at radius 1 is 0.952 bits per heavy atom. The maximum Gasteiger partial charge on any atom is 0.345 e. The normalized spacial score (nSPS) is 10.1. The van der Waals surface area contributed by atoms with Crippen LogP contribution in [0.15, 0.2) is 35.9 Å². The van der Waals surface area contributed by atoms with Crippen molar-refractivity contribution in [3.63, 3.8) is 0 Å². The van der Waals surface area contributed by atoms with Crippen LogP contribution < -0.4 is 0 Å². The van der Waals surface area contributed by atoms with Crippen LogP contribution in [-0.4, -0.2) is 25.2 Å². The lowest BCUT2D eigenvalue weighted by Crippen LogP contribution is -2.21. The third kappa shape index (κ3) is 4.45. The van der Waals surface area contributed by atoms with Crippen LogP contribution in [0.4, 0.5) is 0 Å². The summed E-state index contributed by atoms with van der Waals surface area (Å²) in [5.74, 6) is -1.29. The molecule has 0 saturated heterocycles. The van der Waals surface area contributed by atoms with Gasteiger partial charge in [-0.2, -0.15) is 0 Å². The van der Waals surface area contributed by atoms with Crippen molar-refractivity contribution in [2.75, 3.05) is 13.2 Å². The van der Waals surface area contributed by atoms with E-state index in [1.165, 1.54) is 0 Å². The zero-order chi connectivity index (χ0) is 15.8. The van der Waals surface area contributed by atoms with Crippen LogP contribution in [0.3, 0.4) is 0 Å². The van der Waals surface area contributed by atoms with Gasteiger partial charge in [-0.3, -0.25) is 0 Å². The largest absolute Gasteiger partial charge is 0.462 e. The number of carbonyl (C=O) groups is 2. The van der Waals surface area contributed by atoms with Crippen LogP contribution in [0, 0.1) is 5.92 Å². The molecule has 1 aromatic rings. The van der Waals surface area contributed by atoms with Crippen molar-refractivity contribution in [2.24, 2.45) is 5.92 Å². The summed E-state index contributed by atoms with van der Waals surface area (Å²) in [6.45, 7) is 7.70. The first-order chi connectivity index (χ1) is 10.0. The van der Waals surface area contributed by atoms with Crippen LogP contribution in [0.25, 0.3) is 5.57 Å². The van der Waals surface area contributed by atoms with Crippen molar-refractivity contribution < 1.29 is 19.1 Å². The summed E-state index contributed by atoms with van der Waals surface area (Å²) in [5.41, 5.74) is 1.45. The predicted molar refractivity (Wildman–Crippen MR) is 81.5 cm³/mol. The van der Waals surface area contributed by atoms with Crippen molar-refractivity contribution in [1.82, 2.24) is 0 Å². The van der Waals surface area contributed by atoms with Gasteiger partial charge in [0, 0.05) is 0 Å². The molecule has 0 fully saturated rings. The van der Waals surface area contributed by atoms with Crippen LogP contribution in [0.5, 0.6) is 0 Å². The number of hydrogen-bond acceptors (Lipinski definition) is 4. The Kier molecular flexibility index (Phi) is 6.66. The number of benzene rings is 1. The third-order valence-electron chi connectivity index (χ3n) is 2.89. The minimum atomic E-state index is -0.636. The first-order valence-electron chi connectivity index (χ1n) is 7.16. The zero-order valence-electron chi connectivity index (χ0n) is 13.0. The Balaban J connectivity index is 3.45. The summed E-state index contributed by atoms with van der Waals surface area (Å²) in [4.78, 5) is 24.4. The first kappa shape index (κ1) is 17.0. The average Bonchev–Trinajstić information content (AvgIpc) is 2.45. The molecule has 4 nitrogen and oxygen atoms in total. The van der Waals surface area contributed by atoms with Crippen LogP contribution >= 0.6 is 0 Å². The molecule has 0 amide bonds. The van der Waals surface area contributed by atoms with Gasteiger partial charge in [0.05, 0.1) is 13.2 Å². The zero-order valence-corrected chi connectivity index (χ0v) is 13.0. The fourth-order valence-electron chi connectivity index (χ4n) is 2.09. The van der Waals surface area contributed by atoms with Gasteiger partial charge >= 0.3 is 11.9 Å². The Labute approximate surface area is 125 Å². The van der Waals surface area contributed by atoms with Gasteiger partial charge in [0.15, 0.2) is 0 Å². The molecular weight excluding hydrogens is 268 g/mol. The second-order valence-electron chi connectivity index (χ2n) is 4.75. The molecule has 0 heterocycles. The highest BCUT2D eigenvalue weighted by Crippen LogP contribution is 2.28. The standard InChI is InChI=1S/C17H22O4/c1-5-20-16(18)15(17(19)21-6-2)14(12(3)4)13-10-8-7-9-11-13/h7-12H,5-6H2,1-4H3. The molecule has 0 unspecified atom stereocenters. The number of allylic oxidation sites excluding steroid dienone is 1. The van der Waals surface area contributed by atoms with Crippen molar-refractivity contribution in [3.05, 3.63) is 41.5 Å². The van der Waals surface area contributed by atoms with E-state index in [1.807, 2.05) is 44.2 Å². The van der Waals surface area contributed by atoms with Crippen LogP contribution in [0.1, 0.15) is 33.3 Å². The number of esters is 2. The number of carbonyl (C=O) groups excluding carboxylic acids is 2. The van der Waals surface area contributed by atoms with E-state index in [2.05, 4.69) is 0 Å². The molecule has 4 heteroatoms. The highest BCUT2D eigenvalue weighted by Gasteiger charge is 2.27. The van der Waals surface area contributed by atoms with E-state index in [9.17, 15) is 9.59 Å². The van der Waals surface area contributed by atoms with Gasteiger partial charge in [0.2, 0.25) is 0 Å². The number of ether oxygens (including phenoxy) is 2. The van der Waals surface area contributed by atoms with Crippen molar-refractivity contribution in [3.8, 4) is 0 Å². The quantitative estimate of drug-likeness (QED) is 0.349. The van der Waals surface area contributed by atoms with Gasteiger partial charge in [-0.25, -0.2) is 9.59 Å². The molecule has 0 radical (unpaired) electrons. The Morgan fingerprint density at radius 2 is 1.43 bits per heavy atom. The van der Waals surface area contributed by atoms with Gasteiger partial charge in [0.25, 0.3) is 0 Å². The molecule has 21 heavy (non-hydrogen) atoms. The molecule has 0 spiro atoms. The van der Waals surface area contributed by atoms with E-state index in [1.54, 1.807) is 13.8 Å². The van der Waals surface area contributed by atoms with Gasteiger partial charge in [0.1, 0.15) is 5.57 Å². The second kappa shape index (κ2) is 8.25. The molecule has 0 aliphatic heterocycles. The minimum Gasteiger partial charge on any atom is -0.462 e. The first-order valence-corrected chi connectivity index (χ1v) is 7.16. The Bertz CT molecular complexity index is 495. The van der Waals surface area contributed by atoms with Gasteiger partial charge in [-0.05, 0) is 30.9 Å². The molecule has 1 aromatic carbocycles. The molecule has 0 saturated carbocycles. The van der Waals surface area contributed by atoms with E-state index in [-0.39, 0.29) is 24.7 Å². The lowest BCUT2D eigenvalue weighted by Gasteiger charge is -2.17.